The van der Waals surface area contributed by atoms with E-state index < -0.39 is 0 Å². The summed E-state index contributed by atoms with van der Waals surface area (Å²) in [5.74, 6) is 0.271. The average molecular weight is 440 g/mol. The first-order valence-electron chi connectivity index (χ1n) is 12.6. The molecule has 0 bridgehead atoms. The van der Waals surface area contributed by atoms with Crippen LogP contribution in [-0.4, -0.2) is 17.6 Å². The fourth-order valence-corrected chi connectivity index (χ4v) is 3.85. The van der Waals surface area contributed by atoms with Gasteiger partial charge in [0.25, 0.3) is 5.91 Å². The third-order valence-electron chi connectivity index (χ3n) is 5.73. The van der Waals surface area contributed by atoms with Crippen LogP contribution >= 0.6 is 0 Å². The maximum atomic E-state index is 12.2. The zero-order chi connectivity index (χ0) is 22.9. The van der Waals surface area contributed by atoms with Crippen molar-refractivity contribution in [3.05, 3.63) is 42.5 Å². The topological polar surface area (TPSA) is 61.8 Å². The summed E-state index contributed by atoms with van der Waals surface area (Å²) in [5.41, 5.74) is 0.721. The van der Waals surface area contributed by atoms with Gasteiger partial charge >= 0.3 is 0 Å². The molecule has 1 heterocycles. The molecule has 1 aromatic rings. The molecule has 5 heteroatoms. The van der Waals surface area contributed by atoms with E-state index in [1.807, 2.05) is 30.3 Å². The van der Waals surface area contributed by atoms with E-state index in [1.54, 1.807) is 0 Å². The van der Waals surface area contributed by atoms with E-state index in [4.69, 9.17) is 0 Å². The number of carbonyl (C=O) groups is 2. The van der Waals surface area contributed by atoms with Crippen molar-refractivity contribution in [2.75, 3.05) is 5.01 Å². The van der Waals surface area contributed by atoms with Crippen LogP contribution in [0.5, 0.6) is 0 Å². The number of hydrogen-bond donors (Lipinski definition) is 1. The van der Waals surface area contributed by atoms with Crippen LogP contribution in [-0.2, 0) is 9.59 Å². The molecule has 0 radical (unpaired) electrons. The van der Waals surface area contributed by atoms with E-state index >= 15 is 0 Å². The average Bonchev–Trinajstić information content (AvgIpc) is 3.16. The van der Waals surface area contributed by atoms with E-state index in [2.05, 4.69) is 29.5 Å². The standard InChI is InChI=1S/C27H41N3O2/c1-2-3-4-5-6-7-8-9-10-11-12-13-14-15-19-22-26(31)28-25-23-27(32)30(29-25)24-20-17-16-18-21-24/h9-10,16-18,20-21H,2-8,11-15,19,22-23H2,1H3,(H,28,29,31)/b10-9+. The Morgan fingerprint density at radius 2 is 1.50 bits per heavy atom. The van der Waals surface area contributed by atoms with Crippen LogP contribution in [0.2, 0.25) is 0 Å². The Morgan fingerprint density at radius 3 is 2.16 bits per heavy atom. The fraction of sp³-hybridized carbons (Fsp3) is 0.593. The molecule has 32 heavy (non-hydrogen) atoms. The van der Waals surface area contributed by atoms with Gasteiger partial charge in [-0.2, -0.15) is 10.1 Å². The monoisotopic (exact) mass is 439 g/mol. The Kier molecular flexibility index (Phi) is 13.1. The number of hydrogen-bond acceptors (Lipinski definition) is 3. The number of para-hydroxylation sites is 1. The summed E-state index contributed by atoms with van der Waals surface area (Å²) in [5, 5.41) is 8.42. The molecule has 0 saturated carbocycles. The molecule has 0 aliphatic carbocycles. The fourth-order valence-electron chi connectivity index (χ4n) is 3.85. The first-order chi connectivity index (χ1) is 15.7. The van der Waals surface area contributed by atoms with Crippen molar-refractivity contribution in [2.24, 2.45) is 5.10 Å². The molecule has 1 aromatic carbocycles. The second-order valence-electron chi connectivity index (χ2n) is 8.65. The van der Waals surface area contributed by atoms with Crippen molar-refractivity contribution in [3.8, 4) is 0 Å². The summed E-state index contributed by atoms with van der Waals surface area (Å²) in [6.45, 7) is 2.26. The van der Waals surface area contributed by atoms with Crippen LogP contribution in [0.25, 0.3) is 0 Å². The van der Waals surface area contributed by atoms with Gasteiger partial charge in [-0.15, -0.1) is 0 Å². The molecule has 0 aromatic heterocycles. The Hall–Kier alpha value is -2.43. The summed E-state index contributed by atoms with van der Waals surface area (Å²) < 4.78 is 0. The quantitative estimate of drug-likeness (QED) is 0.225. The predicted molar refractivity (Wildman–Crippen MR) is 134 cm³/mol. The highest BCUT2D eigenvalue weighted by atomic mass is 16.2. The molecule has 1 aliphatic heterocycles. The van der Waals surface area contributed by atoms with Crippen LogP contribution in [0.3, 0.4) is 0 Å². The molecule has 5 nitrogen and oxygen atoms in total. The van der Waals surface area contributed by atoms with Gasteiger partial charge in [-0.05, 0) is 44.2 Å². The number of allylic oxidation sites excluding steroid dienone is 2. The van der Waals surface area contributed by atoms with Gasteiger partial charge in [0, 0.05) is 6.42 Å². The van der Waals surface area contributed by atoms with E-state index in [-0.39, 0.29) is 18.2 Å². The largest absolute Gasteiger partial charge is 0.312 e. The lowest BCUT2D eigenvalue weighted by Crippen LogP contribution is -2.29. The minimum atomic E-state index is -0.118. The van der Waals surface area contributed by atoms with Crippen LogP contribution in [0, 0.1) is 0 Å². The van der Waals surface area contributed by atoms with Gasteiger partial charge in [0.1, 0.15) is 5.84 Å². The zero-order valence-corrected chi connectivity index (χ0v) is 19.9. The molecular formula is C27H41N3O2. The predicted octanol–water partition coefficient (Wildman–Crippen LogP) is 6.89. The molecule has 1 N–H and O–H groups in total. The summed E-state index contributed by atoms with van der Waals surface area (Å²) in [4.78, 5) is 24.3. The zero-order valence-electron chi connectivity index (χ0n) is 19.9. The molecular weight excluding hydrogens is 398 g/mol. The number of benzene rings is 1. The lowest BCUT2D eigenvalue weighted by molar-refractivity contribution is -0.119. The molecule has 0 saturated heterocycles. The van der Waals surface area contributed by atoms with Gasteiger partial charge in [0.05, 0.1) is 12.1 Å². The van der Waals surface area contributed by atoms with Gasteiger partial charge in [-0.3, -0.25) is 9.59 Å². The van der Waals surface area contributed by atoms with Crippen molar-refractivity contribution in [2.45, 2.75) is 103 Å². The Labute approximate surface area is 194 Å². The van der Waals surface area contributed by atoms with Crippen molar-refractivity contribution in [1.29, 1.82) is 0 Å². The number of amidine groups is 1. The van der Waals surface area contributed by atoms with Gasteiger partial charge in [0.15, 0.2) is 0 Å². The summed E-state index contributed by atoms with van der Waals surface area (Å²) in [7, 11) is 0. The number of carbonyl (C=O) groups excluding carboxylic acids is 2. The van der Waals surface area contributed by atoms with Gasteiger partial charge in [-0.1, -0.05) is 88.6 Å². The first-order valence-corrected chi connectivity index (χ1v) is 12.6. The van der Waals surface area contributed by atoms with E-state index in [1.165, 1.54) is 75.6 Å². The smallest absolute Gasteiger partial charge is 0.255 e. The van der Waals surface area contributed by atoms with Gasteiger partial charge in [0.2, 0.25) is 5.91 Å². The highest BCUT2D eigenvalue weighted by molar-refractivity contribution is 6.15. The van der Waals surface area contributed by atoms with Crippen molar-refractivity contribution >= 4 is 23.3 Å². The highest BCUT2D eigenvalue weighted by Gasteiger charge is 2.26. The molecule has 2 amide bonds. The van der Waals surface area contributed by atoms with Crippen molar-refractivity contribution in [3.63, 3.8) is 0 Å². The van der Waals surface area contributed by atoms with E-state index in [0.29, 0.717) is 12.3 Å². The molecule has 176 valence electrons. The Balaban J connectivity index is 1.45. The maximum absolute atomic E-state index is 12.2. The number of amides is 2. The molecule has 0 spiro atoms. The Bertz CT molecular complexity index is 728. The second kappa shape index (κ2) is 16.2. The number of nitrogens with zero attached hydrogens (tertiary/aromatic N) is 2. The van der Waals surface area contributed by atoms with E-state index in [0.717, 1.165) is 18.5 Å². The maximum Gasteiger partial charge on any atom is 0.255 e. The third-order valence-corrected chi connectivity index (χ3v) is 5.73. The second-order valence-corrected chi connectivity index (χ2v) is 8.65. The minimum Gasteiger partial charge on any atom is -0.312 e. The van der Waals surface area contributed by atoms with Gasteiger partial charge in [-0.25, -0.2) is 0 Å². The SMILES string of the molecule is CCCCCCCC/C=C/CCCCCCCC(=O)NC1=NN(c2ccccc2)C(=O)C1. The van der Waals surface area contributed by atoms with Crippen LogP contribution < -0.4 is 10.3 Å². The molecule has 0 fully saturated rings. The molecule has 0 unspecified atom stereocenters. The van der Waals surface area contributed by atoms with Crippen LogP contribution in [0.15, 0.2) is 47.6 Å². The third kappa shape index (κ3) is 10.7. The minimum absolute atomic E-state index is 0.0518. The van der Waals surface area contributed by atoms with Crippen LogP contribution in [0.4, 0.5) is 5.69 Å². The lowest BCUT2D eigenvalue weighted by Gasteiger charge is -2.10. The number of anilines is 1. The number of rotatable bonds is 16. The lowest BCUT2D eigenvalue weighted by atomic mass is 10.1. The number of nitrogens with one attached hydrogen (secondary N) is 1. The number of unbranched alkanes of at least 4 members (excludes halogenated alkanes) is 11. The summed E-state index contributed by atoms with van der Waals surface area (Å²) >= 11 is 0. The summed E-state index contributed by atoms with van der Waals surface area (Å²) in [6, 6.07) is 9.28. The highest BCUT2D eigenvalue weighted by Crippen LogP contribution is 2.19. The van der Waals surface area contributed by atoms with Gasteiger partial charge < -0.3 is 5.32 Å². The van der Waals surface area contributed by atoms with Crippen molar-refractivity contribution < 1.29 is 9.59 Å². The number of hydrazone groups is 1. The van der Waals surface area contributed by atoms with Crippen molar-refractivity contribution in [1.82, 2.24) is 5.32 Å². The first kappa shape index (κ1) is 25.8. The molecule has 1 aliphatic rings. The van der Waals surface area contributed by atoms with E-state index in [9.17, 15) is 9.59 Å². The molecule has 2 rings (SSSR count). The summed E-state index contributed by atoms with van der Waals surface area (Å²) in [6.07, 6.45) is 21.4. The van der Waals surface area contributed by atoms with Crippen LogP contribution in [0.1, 0.15) is 103 Å². The Morgan fingerprint density at radius 1 is 0.906 bits per heavy atom. The normalized spacial score (nSPS) is 13.7. The molecule has 0 atom stereocenters.